The Balaban J connectivity index is 2.00. The Labute approximate surface area is 199 Å². The molecule has 1 heterocycles. The summed E-state index contributed by atoms with van der Waals surface area (Å²) >= 11 is 0. The van der Waals surface area contributed by atoms with E-state index in [4.69, 9.17) is 9.47 Å². The first-order valence-corrected chi connectivity index (χ1v) is 10.6. The SMILES string of the molecule is CCOC(=O)c1c(OCc2ccccc2)c(=O)c(C(=O)NCc2ccc(F)cc2F)cn1CC=O. The Bertz CT molecular complexity index is 1290. The number of benzene rings is 2. The molecule has 0 aliphatic heterocycles. The van der Waals surface area contributed by atoms with E-state index in [-0.39, 0.29) is 37.6 Å². The Kier molecular flexibility index (Phi) is 8.44. The van der Waals surface area contributed by atoms with Gasteiger partial charge in [0.2, 0.25) is 5.43 Å². The summed E-state index contributed by atoms with van der Waals surface area (Å²) in [4.78, 5) is 50.0. The second kappa shape index (κ2) is 11.7. The zero-order chi connectivity index (χ0) is 25.4. The summed E-state index contributed by atoms with van der Waals surface area (Å²) in [5.74, 6) is -3.92. The molecule has 0 atom stereocenters. The van der Waals surface area contributed by atoms with Crippen molar-refractivity contribution in [2.45, 2.75) is 26.6 Å². The summed E-state index contributed by atoms with van der Waals surface area (Å²) in [5.41, 5.74) is -0.989. The van der Waals surface area contributed by atoms with Crippen LogP contribution in [0.25, 0.3) is 0 Å². The van der Waals surface area contributed by atoms with Crippen LogP contribution < -0.4 is 15.5 Å². The highest BCUT2D eigenvalue weighted by Gasteiger charge is 2.26. The number of hydrogen-bond donors (Lipinski definition) is 1. The number of nitrogens with one attached hydrogen (secondary N) is 1. The van der Waals surface area contributed by atoms with Gasteiger partial charge in [-0.3, -0.25) is 9.59 Å². The molecule has 0 aliphatic carbocycles. The maximum absolute atomic E-state index is 13.9. The maximum atomic E-state index is 13.9. The van der Waals surface area contributed by atoms with Crippen molar-refractivity contribution in [3.63, 3.8) is 0 Å². The van der Waals surface area contributed by atoms with Crippen molar-refractivity contribution >= 4 is 18.2 Å². The monoisotopic (exact) mass is 484 g/mol. The Hall–Kier alpha value is -4.34. The van der Waals surface area contributed by atoms with Crippen molar-refractivity contribution in [3.8, 4) is 5.75 Å². The molecule has 2 aromatic carbocycles. The molecule has 8 nitrogen and oxygen atoms in total. The van der Waals surface area contributed by atoms with Crippen LogP contribution in [0.4, 0.5) is 8.78 Å². The van der Waals surface area contributed by atoms with Gasteiger partial charge in [-0.2, -0.15) is 0 Å². The molecule has 0 aliphatic rings. The van der Waals surface area contributed by atoms with Crippen LogP contribution >= 0.6 is 0 Å². The predicted octanol–water partition coefficient (Wildman–Crippen LogP) is 3.01. The van der Waals surface area contributed by atoms with Crippen LogP contribution in [-0.2, 0) is 29.2 Å². The quantitative estimate of drug-likeness (QED) is 0.351. The van der Waals surface area contributed by atoms with Gasteiger partial charge in [-0.15, -0.1) is 0 Å². The molecular weight excluding hydrogens is 462 g/mol. The molecule has 35 heavy (non-hydrogen) atoms. The number of nitrogens with zero attached hydrogens (tertiary/aromatic N) is 1. The fourth-order valence-corrected chi connectivity index (χ4v) is 3.23. The van der Waals surface area contributed by atoms with E-state index >= 15 is 0 Å². The van der Waals surface area contributed by atoms with Gasteiger partial charge in [-0.25, -0.2) is 13.6 Å². The lowest BCUT2D eigenvalue weighted by Crippen LogP contribution is -2.32. The molecule has 0 bridgehead atoms. The van der Waals surface area contributed by atoms with E-state index in [0.717, 1.165) is 22.9 Å². The minimum atomic E-state index is -0.914. The van der Waals surface area contributed by atoms with Crippen LogP contribution in [0.1, 0.15) is 38.9 Å². The van der Waals surface area contributed by atoms with E-state index < -0.39 is 40.3 Å². The van der Waals surface area contributed by atoms with E-state index in [0.29, 0.717) is 17.9 Å². The number of hydrogen-bond acceptors (Lipinski definition) is 6. The third kappa shape index (κ3) is 6.17. The van der Waals surface area contributed by atoms with Gasteiger partial charge in [-0.1, -0.05) is 36.4 Å². The van der Waals surface area contributed by atoms with Crippen LogP contribution in [-0.4, -0.2) is 29.3 Å². The van der Waals surface area contributed by atoms with Crippen molar-refractivity contribution in [3.05, 3.63) is 99.0 Å². The van der Waals surface area contributed by atoms with Gasteiger partial charge < -0.3 is 24.2 Å². The first-order valence-electron chi connectivity index (χ1n) is 10.6. The molecule has 10 heteroatoms. The number of ether oxygens (including phenoxy) is 2. The number of carbonyl (C=O) groups is 3. The van der Waals surface area contributed by atoms with Crippen LogP contribution in [0.5, 0.6) is 5.75 Å². The third-order valence-corrected chi connectivity index (χ3v) is 4.90. The molecule has 0 saturated carbocycles. The lowest BCUT2D eigenvalue weighted by atomic mass is 10.1. The highest BCUT2D eigenvalue weighted by Crippen LogP contribution is 2.19. The van der Waals surface area contributed by atoms with E-state index in [2.05, 4.69) is 5.32 Å². The van der Waals surface area contributed by atoms with Gasteiger partial charge in [-0.05, 0) is 18.6 Å². The van der Waals surface area contributed by atoms with Gasteiger partial charge in [0.15, 0.2) is 11.4 Å². The second-order valence-electron chi connectivity index (χ2n) is 7.28. The zero-order valence-electron chi connectivity index (χ0n) is 18.8. The standard InChI is InChI=1S/C25H22F2N2O6/c1-2-34-25(33)21-23(35-15-16-6-4-3-5-7-16)22(31)19(14-29(21)10-11-30)24(32)28-13-17-8-9-18(26)12-20(17)27/h3-9,11-12,14H,2,10,13,15H2,1H3,(H,28,32). The Morgan fingerprint density at radius 3 is 2.51 bits per heavy atom. The first kappa shape index (κ1) is 25.3. The average Bonchev–Trinajstić information content (AvgIpc) is 2.84. The molecular formula is C25H22F2N2O6. The number of aromatic nitrogens is 1. The molecule has 0 spiro atoms. The summed E-state index contributed by atoms with van der Waals surface area (Å²) in [6.45, 7) is 0.759. The fourth-order valence-electron chi connectivity index (χ4n) is 3.23. The number of amides is 1. The second-order valence-corrected chi connectivity index (χ2v) is 7.28. The van der Waals surface area contributed by atoms with Crippen molar-refractivity contribution in [2.24, 2.45) is 0 Å². The average molecular weight is 484 g/mol. The minimum absolute atomic E-state index is 0.00227. The summed E-state index contributed by atoms with van der Waals surface area (Å²) in [6, 6.07) is 11.6. The molecule has 182 valence electrons. The Morgan fingerprint density at radius 2 is 1.86 bits per heavy atom. The number of aldehydes is 1. The largest absolute Gasteiger partial charge is 0.482 e. The van der Waals surface area contributed by atoms with Gasteiger partial charge in [0.05, 0.1) is 13.2 Å². The Morgan fingerprint density at radius 1 is 1.11 bits per heavy atom. The third-order valence-electron chi connectivity index (χ3n) is 4.90. The summed E-state index contributed by atoms with van der Waals surface area (Å²) < 4.78 is 38.8. The van der Waals surface area contributed by atoms with Crippen LogP contribution in [0.3, 0.4) is 0 Å². The zero-order valence-corrected chi connectivity index (χ0v) is 18.8. The van der Waals surface area contributed by atoms with Crippen molar-refractivity contribution in [1.82, 2.24) is 9.88 Å². The highest BCUT2D eigenvalue weighted by molar-refractivity contribution is 5.97. The fraction of sp³-hybridized carbons (Fsp3) is 0.200. The number of esters is 1. The van der Waals surface area contributed by atoms with Gasteiger partial charge in [0.1, 0.15) is 30.1 Å². The number of rotatable bonds is 10. The molecule has 0 fully saturated rings. The number of pyridine rings is 1. The van der Waals surface area contributed by atoms with Crippen LogP contribution in [0.15, 0.2) is 59.5 Å². The van der Waals surface area contributed by atoms with Crippen molar-refractivity contribution < 1.29 is 32.6 Å². The first-order chi connectivity index (χ1) is 16.8. The van der Waals surface area contributed by atoms with Crippen molar-refractivity contribution in [2.75, 3.05) is 6.61 Å². The lowest BCUT2D eigenvalue weighted by Gasteiger charge is -2.17. The molecule has 3 aromatic rings. The topological polar surface area (TPSA) is 104 Å². The molecule has 0 saturated heterocycles. The van der Waals surface area contributed by atoms with Crippen LogP contribution in [0, 0.1) is 11.6 Å². The maximum Gasteiger partial charge on any atom is 0.359 e. The van der Waals surface area contributed by atoms with E-state index in [9.17, 15) is 28.0 Å². The summed E-state index contributed by atoms with van der Waals surface area (Å²) in [6.07, 6.45) is 1.51. The normalized spacial score (nSPS) is 10.5. The van der Waals surface area contributed by atoms with E-state index in [1.54, 1.807) is 37.3 Å². The molecule has 3 rings (SSSR count). The molecule has 1 aromatic heterocycles. The molecule has 0 radical (unpaired) electrons. The van der Waals surface area contributed by atoms with Gasteiger partial charge in [0, 0.05) is 24.4 Å². The lowest BCUT2D eigenvalue weighted by molar-refractivity contribution is -0.108. The summed E-state index contributed by atoms with van der Waals surface area (Å²) in [7, 11) is 0. The van der Waals surface area contributed by atoms with E-state index in [1.807, 2.05) is 0 Å². The highest BCUT2D eigenvalue weighted by atomic mass is 19.1. The smallest absolute Gasteiger partial charge is 0.359 e. The van der Waals surface area contributed by atoms with Gasteiger partial charge >= 0.3 is 5.97 Å². The van der Waals surface area contributed by atoms with E-state index in [1.165, 1.54) is 0 Å². The molecule has 1 amide bonds. The molecule has 1 N–H and O–H groups in total. The minimum Gasteiger partial charge on any atom is -0.482 e. The predicted molar refractivity (Wildman–Crippen MR) is 121 cm³/mol. The number of halogens is 2. The van der Waals surface area contributed by atoms with Crippen molar-refractivity contribution in [1.29, 1.82) is 0 Å². The summed E-state index contributed by atoms with van der Waals surface area (Å²) in [5, 5.41) is 2.39. The van der Waals surface area contributed by atoms with Crippen LogP contribution in [0.2, 0.25) is 0 Å². The number of carbonyl (C=O) groups excluding carboxylic acids is 3. The molecule has 0 unspecified atom stereocenters. The van der Waals surface area contributed by atoms with Gasteiger partial charge in [0.25, 0.3) is 5.91 Å².